The minimum absolute atomic E-state index is 0.236. The maximum Gasteiger partial charge on any atom is 0.253 e. The topological polar surface area (TPSA) is 82.6 Å². The number of halogens is 3. The van der Waals surface area contributed by atoms with Gasteiger partial charge in [0.1, 0.15) is 11.0 Å². The van der Waals surface area contributed by atoms with Gasteiger partial charge >= 0.3 is 0 Å². The zero-order valence-corrected chi connectivity index (χ0v) is 20.7. The average molecular weight is 530 g/mol. The van der Waals surface area contributed by atoms with Crippen LogP contribution in [0.1, 0.15) is 22.8 Å². The lowest BCUT2D eigenvalue weighted by Crippen LogP contribution is -2.32. The number of nitrogens with zero attached hydrogens (tertiary/aromatic N) is 1. The van der Waals surface area contributed by atoms with Gasteiger partial charge in [0.25, 0.3) is 5.91 Å². The van der Waals surface area contributed by atoms with Crippen LogP contribution in [0.2, 0.25) is 15.1 Å². The normalized spacial score (nSPS) is 16.6. The fourth-order valence-electron chi connectivity index (χ4n) is 2.77. The summed E-state index contributed by atoms with van der Waals surface area (Å²) in [4.78, 5) is 13.2. The van der Waals surface area contributed by atoms with Crippen LogP contribution in [-0.2, 0) is 17.5 Å². The highest BCUT2D eigenvalue weighted by molar-refractivity contribution is 7.96. The van der Waals surface area contributed by atoms with Crippen molar-refractivity contribution in [1.29, 1.82) is 0 Å². The van der Waals surface area contributed by atoms with Crippen LogP contribution in [0.5, 0.6) is 0 Å². The van der Waals surface area contributed by atoms with Crippen LogP contribution in [-0.4, -0.2) is 21.9 Å². The molecule has 2 atom stereocenters. The van der Waals surface area contributed by atoms with Crippen molar-refractivity contribution in [3.8, 4) is 0 Å². The van der Waals surface area contributed by atoms with Crippen molar-refractivity contribution in [2.75, 3.05) is 4.72 Å². The van der Waals surface area contributed by atoms with Gasteiger partial charge < -0.3 is 10.0 Å². The lowest BCUT2D eigenvalue weighted by Gasteiger charge is -2.17. The number of allylic oxidation sites excluding steroid dienone is 1. The second-order valence-electron chi connectivity index (χ2n) is 6.62. The Morgan fingerprint density at radius 3 is 2.75 bits per heavy atom. The van der Waals surface area contributed by atoms with E-state index in [9.17, 15) is 9.00 Å². The van der Waals surface area contributed by atoms with E-state index >= 15 is 0 Å². The molecule has 0 spiro atoms. The summed E-state index contributed by atoms with van der Waals surface area (Å²) in [5.41, 5.74) is 2.10. The van der Waals surface area contributed by atoms with E-state index in [0.717, 1.165) is 17.7 Å². The first-order chi connectivity index (χ1) is 15.3. The molecule has 168 valence electrons. The van der Waals surface area contributed by atoms with Crippen molar-refractivity contribution in [3.05, 3.63) is 86.2 Å². The van der Waals surface area contributed by atoms with E-state index in [0.29, 0.717) is 31.4 Å². The molecular weight excluding hydrogens is 511 g/mol. The lowest BCUT2D eigenvalue weighted by atomic mass is 10.1. The number of benzene rings is 2. The zero-order valence-electron chi connectivity index (χ0n) is 16.8. The molecule has 3 N–H and O–H groups in total. The average Bonchev–Trinajstić information content (AvgIpc) is 3.22. The van der Waals surface area contributed by atoms with Crippen molar-refractivity contribution >= 4 is 75.2 Å². The summed E-state index contributed by atoms with van der Waals surface area (Å²) < 4.78 is 23.1. The quantitative estimate of drug-likeness (QED) is 0.382. The SMILES string of the molecule is C=C(C1NSN=C1/C=C\C)S(=O)Nc1cc(Cl)ccc1C(=O)NCc1ccc(Cl)c(Cl)c1. The Morgan fingerprint density at radius 2 is 2.03 bits per heavy atom. The van der Waals surface area contributed by atoms with Crippen molar-refractivity contribution in [3.63, 3.8) is 0 Å². The van der Waals surface area contributed by atoms with Gasteiger partial charge in [-0.1, -0.05) is 53.5 Å². The number of anilines is 1. The minimum Gasteiger partial charge on any atom is -0.348 e. The summed E-state index contributed by atoms with van der Waals surface area (Å²) in [5, 5.41) is 4.04. The van der Waals surface area contributed by atoms with E-state index in [1.807, 2.05) is 19.1 Å². The van der Waals surface area contributed by atoms with Crippen LogP contribution >= 0.6 is 46.9 Å². The molecule has 11 heteroatoms. The van der Waals surface area contributed by atoms with Crippen molar-refractivity contribution in [2.24, 2.45) is 4.40 Å². The third-order valence-electron chi connectivity index (χ3n) is 4.38. The van der Waals surface area contributed by atoms with Gasteiger partial charge in [0.05, 0.1) is 50.1 Å². The van der Waals surface area contributed by atoms with E-state index < -0.39 is 17.0 Å². The van der Waals surface area contributed by atoms with Crippen molar-refractivity contribution in [1.82, 2.24) is 10.0 Å². The van der Waals surface area contributed by atoms with Gasteiger partial charge in [0.15, 0.2) is 0 Å². The molecule has 0 saturated carbocycles. The van der Waals surface area contributed by atoms with Crippen LogP contribution in [0.4, 0.5) is 5.69 Å². The van der Waals surface area contributed by atoms with E-state index in [-0.39, 0.29) is 18.0 Å². The van der Waals surface area contributed by atoms with Gasteiger partial charge in [-0.15, -0.1) is 0 Å². The molecule has 1 aliphatic rings. The molecule has 0 aliphatic carbocycles. The van der Waals surface area contributed by atoms with Gasteiger partial charge in [0.2, 0.25) is 0 Å². The molecule has 0 radical (unpaired) electrons. The Morgan fingerprint density at radius 1 is 1.25 bits per heavy atom. The number of hydrogen-bond donors (Lipinski definition) is 3. The molecule has 6 nitrogen and oxygen atoms in total. The Balaban J connectivity index is 1.73. The molecule has 2 aromatic carbocycles. The van der Waals surface area contributed by atoms with Gasteiger partial charge in [-0.3, -0.25) is 4.79 Å². The molecule has 2 aromatic rings. The number of amides is 1. The smallest absolute Gasteiger partial charge is 0.253 e. The van der Waals surface area contributed by atoms with Crippen molar-refractivity contribution in [2.45, 2.75) is 19.5 Å². The van der Waals surface area contributed by atoms with Crippen LogP contribution in [0.3, 0.4) is 0 Å². The lowest BCUT2D eigenvalue weighted by molar-refractivity contribution is 0.0952. The highest BCUT2D eigenvalue weighted by Crippen LogP contribution is 2.26. The van der Waals surface area contributed by atoms with Gasteiger partial charge in [-0.25, -0.2) is 13.3 Å². The maximum absolute atomic E-state index is 13.0. The van der Waals surface area contributed by atoms with Crippen molar-refractivity contribution < 1.29 is 9.00 Å². The van der Waals surface area contributed by atoms with Crippen LogP contribution < -0.4 is 14.8 Å². The molecular formula is C21H19Cl3N4O2S2. The molecule has 1 heterocycles. The third kappa shape index (κ3) is 6.15. The molecule has 0 fully saturated rings. The Bertz CT molecular complexity index is 1140. The number of hydrogen-bond acceptors (Lipinski definition) is 5. The summed E-state index contributed by atoms with van der Waals surface area (Å²) in [5.74, 6) is -0.372. The predicted molar refractivity (Wildman–Crippen MR) is 137 cm³/mol. The molecule has 1 amide bonds. The summed E-state index contributed by atoms with van der Waals surface area (Å²) in [6.45, 7) is 6.05. The van der Waals surface area contributed by atoms with Gasteiger partial charge in [-0.05, 0) is 48.9 Å². The number of carbonyl (C=O) groups is 1. The first-order valence-electron chi connectivity index (χ1n) is 9.31. The number of nitrogens with one attached hydrogen (secondary N) is 3. The minimum atomic E-state index is -1.72. The summed E-state index contributed by atoms with van der Waals surface area (Å²) in [6, 6.07) is 9.41. The third-order valence-corrected chi connectivity index (χ3v) is 7.12. The molecule has 1 aliphatic heterocycles. The second kappa shape index (κ2) is 11.4. The van der Waals surface area contributed by atoms with Crippen LogP contribution in [0.25, 0.3) is 0 Å². The van der Waals surface area contributed by atoms with E-state index in [4.69, 9.17) is 34.8 Å². The highest BCUT2D eigenvalue weighted by Gasteiger charge is 2.27. The van der Waals surface area contributed by atoms with Gasteiger partial charge in [0, 0.05) is 11.6 Å². The number of rotatable bonds is 8. The molecule has 3 rings (SSSR count). The summed E-state index contributed by atoms with van der Waals surface area (Å²) in [7, 11) is -1.72. The first kappa shape index (κ1) is 24.8. The molecule has 32 heavy (non-hydrogen) atoms. The van der Waals surface area contributed by atoms with Crippen LogP contribution in [0.15, 0.2) is 64.4 Å². The molecule has 0 bridgehead atoms. The van der Waals surface area contributed by atoms with Gasteiger partial charge in [-0.2, -0.15) is 0 Å². The Kier molecular flexibility index (Phi) is 8.81. The fourth-order valence-corrected chi connectivity index (χ4v) is 4.93. The monoisotopic (exact) mass is 528 g/mol. The number of carbonyl (C=O) groups excluding carboxylic acids is 1. The molecule has 0 saturated heterocycles. The largest absolute Gasteiger partial charge is 0.348 e. The maximum atomic E-state index is 13.0. The Labute approximate surface area is 208 Å². The molecule has 2 unspecified atom stereocenters. The first-order valence-corrected chi connectivity index (χ1v) is 12.4. The van der Waals surface area contributed by atoms with E-state index in [1.165, 1.54) is 0 Å². The standard InChI is InChI=1S/C21H19Cl3N4O2S2/c1-3-4-18-20(27-31-26-18)12(2)32(30)28-19-10-14(22)6-7-15(19)21(29)25-11-13-5-8-16(23)17(24)9-13/h3-10,20,27-28H,2,11H2,1H3,(H,25,29)/b4-3-. The summed E-state index contributed by atoms with van der Waals surface area (Å²) >= 11 is 19.2. The predicted octanol–water partition coefficient (Wildman–Crippen LogP) is 5.72. The van der Waals surface area contributed by atoms with E-state index in [2.05, 4.69) is 25.7 Å². The molecule has 0 aromatic heterocycles. The summed E-state index contributed by atoms with van der Waals surface area (Å²) in [6.07, 6.45) is 3.66. The Hall–Kier alpha value is -1.81. The highest BCUT2D eigenvalue weighted by atomic mass is 35.5. The van der Waals surface area contributed by atoms with Crippen LogP contribution in [0, 0.1) is 0 Å². The second-order valence-corrected chi connectivity index (χ2v) is 9.73. The van der Waals surface area contributed by atoms with E-state index in [1.54, 1.807) is 36.4 Å². The zero-order chi connectivity index (χ0) is 23.3. The fraction of sp³-hybridized carbons (Fsp3) is 0.143.